The lowest BCUT2D eigenvalue weighted by atomic mass is 9.88. The standard InChI is InChI=1S/C26H23NO5/c1-26(2)16(12-22(28)29)11-18-20(32-26)13-21(31-4)23-24(18)27(3)19-10-15-8-6-5-7-14(15)9-17(19)25(23)30/h5-11,13H,12H2,1-4H3,(H,28,29). The summed E-state index contributed by atoms with van der Waals surface area (Å²) in [6, 6.07) is 13.6. The normalized spacial score (nSPS) is 14.8. The van der Waals surface area contributed by atoms with E-state index in [-0.39, 0.29) is 11.8 Å². The van der Waals surface area contributed by atoms with Crippen molar-refractivity contribution < 1.29 is 19.4 Å². The molecule has 0 amide bonds. The summed E-state index contributed by atoms with van der Waals surface area (Å²) >= 11 is 0. The summed E-state index contributed by atoms with van der Waals surface area (Å²) in [7, 11) is 3.44. The predicted molar refractivity (Wildman–Crippen MR) is 126 cm³/mol. The topological polar surface area (TPSA) is 77.8 Å². The van der Waals surface area contributed by atoms with Gasteiger partial charge in [-0.1, -0.05) is 24.3 Å². The summed E-state index contributed by atoms with van der Waals surface area (Å²) in [6.45, 7) is 3.68. The quantitative estimate of drug-likeness (QED) is 0.470. The van der Waals surface area contributed by atoms with Crippen LogP contribution in [0.3, 0.4) is 0 Å². The van der Waals surface area contributed by atoms with Gasteiger partial charge >= 0.3 is 5.97 Å². The first kappa shape index (κ1) is 20.1. The number of aromatic nitrogens is 1. The Morgan fingerprint density at radius 2 is 1.84 bits per heavy atom. The Morgan fingerprint density at radius 3 is 2.50 bits per heavy atom. The largest absolute Gasteiger partial charge is 0.496 e. The molecule has 0 unspecified atom stereocenters. The number of nitrogens with zero attached hydrogens (tertiary/aromatic N) is 1. The lowest BCUT2D eigenvalue weighted by Gasteiger charge is -2.34. The van der Waals surface area contributed by atoms with Crippen molar-refractivity contribution in [3.8, 4) is 11.5 Å². The van der Waals surface area contributed by atoms with E-state index in [1.165, 1.54) is 7.11 Å². The summed E-state index contributed by atoms with van der Waals surface area (Å²) in [4.78, 5) is 25.2. The van der Waals surface area contributed by atoms with Crippen LogP contribution in [0, 0.1) is 0 Å². The van der Waals surface area contributed by atoms with Crippen LogP contribution in [0.5, 0.6) is 11.5 Å². The number of hydrogen-bond acceptors (Lipinski definition) is 4. The number of fused-ring (bicyclic) bond motifs is 5. The fraction of sp³-hybridized carbons (Fsp3) is 0.231. The van der Waals surface area contributed by atoms with Crippen LogP contribution >= 0.6 is 0 Å². The number of aliphatic carboxylic acids is 1. The van der Waals surface area contributed by atoms with Gasteiger partial charge in [0.1, 0.15) is 17.1 Å². The number of aryl methyl sites for hydroxylation is 1. The number of carboxylic acid groups (broad SMARTS) is 1. The van der Waals surface area contributed by atoms with Crippen LogP contribution in [-0.4, -0.2) is 28.4 Å². The van der Waals surface area contributed by atoms with Crippen molar-refractivity contribution >= 4 is 44.6 Å². The Kier molecular flexibility index (Phi) is 4.31. The van der Waals surface area contributed by atoms with Crippen molar-refractivity contribution in [3.05, 3.63) is 63.8 Å². The molecule has 5 rings (SSSR count). The fourth-order valence-electron chi connectivity index (χ4n) is 4.65. The lowest BCUT2D eigenvalue weighted by molar-refractivity contribution is -0.136. The maximum atomic E-state index is 13.7. The molecule has 32 heavy (non-hydrogen) atoms. The zero-order valence-electron chi connectivity index (χ0n) is 18.4. The van der Waals surface area contributed by atoms with E-state index < -0.39 is 11.6 Å². The number of carboxylic acids is 1. The molecule has 1 aromatic heterocycles. The van der Waals surface area contributed by atoms with Crippen LogP contribution in [0.25, 0.3) is 38.7 Å². The van der Waals surface area contributed by atoms with E-state index in [0.29, 0.717) is 38.9 Å². The van der Waals surface area contributed by atoms with Crippen LogP contribution < -0.4 is 14.9 Å². The summed E-state index contributed by atoms with van der Waals surface area (Å²) in [5.41, 5.74) is 1.84. The molecule has 0 spiro atoms. The van der Waals surface area contributed by atoms with Gasteiger partial charge in [-0.2, -0.15) is 0 Å². The van der Waals surface area contributed by atoms with Crippen LogP contribution in [-0.2, 0) is 11.8 Å². The molecule has 0 saturated carbocycles. The highest BCUT2D eigenvalue weighted by atomic mass is 16.5. The number of benzene rings is 3. The van der Waals surface area contributed by atoms with E-state index in [1.807, 2.05) is 67.9 Å². The Labute approximate surface area is 184 Å². The second-order valence-corrected chi connectivity index (χ2v) is 8.67. The number of carbonyl (C=O) groups is 1. The highest BCUT2D eigenvalue weighted by molar-refractivity contribution is 6.06. The second-order valence-electron chi connectivity index (χ2n) is 8.67. The van der Waals surface area contributed by atoms with Crippen LogP contribution in [0.2, 0.25) is 0 Å². The molecule has 0 fully saturated rings. The van der Waals surface area contributed by atoms with Gasteiger partial charge in [-0.25, -0.2) is 0 Å². The summed E-state index contributed by atoms with van der Waals surface area (Å²) in [5.74, 6) is 0.0592. The molecule has 6 heteroatoms. The molecule has 0 bridgehead atoms. The van der Waals surface area contributed by atoms with Gasteiger partial charge < -0.3 is 19.1 Å². The SMILES string of the molecule is COc1cc2c(c3c1c(=O)c1cc4ccccc4cc1n3C)C=C(CC(=O)O)C(C)(C)O2. The van der Waals surface area contributed by atoms with Gasteiger partial charge in [0, 0.05) is 24.1 Å². The molecule has 1 aliphatic heterocycles. The molecule has 0 atom stereocenters. The minimum atomic E-state index is -0.931. The van der Waals surface area contributed by atoms with Gasteiger partial charge in [0.25, 0.3) is 0 Å². The minimum absolute atomic E-state index is 0.128. The van der Waals surface area contributed by atoms with Crippen molar-refractivity contribution in [2.24, 2.45) is 7.05 Å². The van der Waals surface area contributed by atoms with Gasteiger partial charge in [-0.05, 0) is 48.4 Å². The maximum Gasteiger partial charge on any atom is 0.307 e. The molecule has 1 aliphatic rings. The van der Waals surface area contributed by atoms with Crippen LogP contribution in [0.15, 0.2) is 52.8 Å². The van der Waals surface area contributed by atoms with Gasteiger partial charge in [0.15, 0.2) is 0 Å². The zero-order valence-corrected chi connectivity index (χ0v) is 18.4. The number of pyridine rings is 1. The number of rotatable bonds is 3. The molecule has 1 N–H and O–H groups in total. The smallest absolute Gasteiger partial charge is 0.307 e. The molecule has 0 radical (unpaired) electrons. The molecule has 162 valence electrons. The predicted octanol–water partition coefficient (Wildman–Crippen LogP) is 4.88. The average Bonchev–Trinajstić information content (AvgIpc) is 2.75. The van der Waals surface area contributed by atoms with E-state index in [0.717, 1.165) is 16.3 Å². The Morgan fingerprint density at radius 1 is 1.16 bits per heavy atom. The van der Waals surface area contributed by atoms with E-state index in [1.54, 1.807) is 6.07 Å². The monoisotopic (exact) mass is 429 g/mol. The number of methoxy groups -OCH3 is 1. The molecular formula is C26H23NO5. The highest BCUT2D eigenvalue weighted by Crippen LogP contribution is 2.43. The average molecular weight is 429 g/mol. The van der Waals surface area contributed by atoms with E-state index in [4.69, 9.17) is 9.47 Å². The maximum absolute atomic E-state index is 13.7. The second kappa shape index (κ2) is 6.85. The molecular weight excluding hydrogens is 406 g/mol. The van der Waals surface area contributed by atoms with Gasteiger partial charge in [-0.15, -0.1) is 0 Å². The third-order valence-electron chi connectivity index (χ3n) is 6.32. The number of ether oxygens (including phenoxy) is 2. The first-order valence-electron chi connectivity index (χ1n) is 10.4. The fourth-order valence-corrected chi connectivity index (χ4v) is 4.65. The van der Waals surface area contributed by atoms with Gasteiger partial charge in [0.2, 0.25) is 5.43 Å². The first-order chi connectivity index (χ1) is 15.2. The van der Waals surface area contributed by atoms with Crippen molar-refractivity contribution in [2.75, 3.05) is 7.11 Å². The molecule has 2 heterocycles. The zero-order chi connectivity index (χ0) is 22.8. The Bertz CT molecular complexity index is 1540. The molecule has 3 aromatic carbocycles. The van der Waals surface area contributed by atoms with E-state index in [2.05, 4.69) is 0 Å². The Balaban J connectivity index is 1.97. The van der Waals surface area contributed by atoms with E-state index in [9.17, 15) is 14.7 Å². The first-order valence-corrected chi connectivity index (χ1v) is 10.4. The highest BCUT2D eigenvalue weighted by Gasteiger charge is 2.34. The van der Waals surface area contributed by atoms with Crippen LogP contribution in [0.1, 0.15) is 25.8 Å². The van der Waals surface area contributed by atoms with Gasteiger partial charge in [0.05, 0.1) is 30.0 Å². The number of hydrogen-bond donors (Lipinski definition) is 1. The Hall–Kier alpha value is -3.80. The molecule has 6 nitrogen and oxygen atoms in total. The molecule has 0 saturated heterocycles. The molecule has 0 aliphatic carbocycles. The molecule has 4 aromatic rings. The third-order valence-corrected chi connectivity index (χ3v) is 6.32. The van der Waals surface area contributed by atoms with E-state index >= 15 is 0 Å². The third kappa shape index (κ3) is 2.87. The van der Waals surface area contributed by atoms with Crippen LogP contribution in [0.4, 0.5) is 0 Å². The van der Waals surface area contributed by atoms with Crippen molar-refractivity contribution in [1.29, 1.82) is 0 Å². The van der Waals surface area contributed by atoms with Crippen molar-refractivity contribution in [3.63, 3.8) is 0 Å². The van der Waals surface area contributed by atoms with Crippen molar-refractivity contribution in [1.82, 2.24) is 4.57 Å². The van der Waals surface area contributed by atoms with Gasteiger partial charge in [-0.3, -0.25) is 9.59 Å². The minimum Gasteiger partial charge on any atom is -0.496 e. The summed E-state index contributed by atoms with van der Waals surface area (Å²) in [6.07, 6.45) is 1.70. The lowest BCUT2D eigenvalue weighted by Crippen LogP contribution is -2.34. The van der Waals surface area contributed by atoms with Crippen molar-refractivity contribution in [2.45, 2.75) is 25.9 Å². The summed E-state index contributed by atoms with van der Waals surface area (Å²) in [5, 5.41) is 12.5. The summed E-state index contributed by atoms with van der Waals surface area (Å²) < 4.78 is 13.8.